The molecule has 0 saturated carbocycles. The highest BCUT2D eigenvalue weighted by Gasteiger charge is 2.30. The molecule has 19 heavy (non-hydrogen) atoms. The molecule has 0 saturated heterocycles. The fourth-order valence-corrected chi connectivity index (χ4v) is 1.79. The lowest BCUT2D eigenvalue weighted by molar-refractivity contribution is 0.0924. The van der Waals surface area contributed by atoms with E-state index >= 15 is 0 Å². The molecule has 0 fully saturated rings. The van der Waals surface area contributed by atoms with Gasteiger partial charge < -0.3 is 16.3 Å². The van der Waals surface area contributed by atoms with Crippen LogP contribution in [0.25, 0.3) is 0 Å². The molecule has 104 valence electrons. The number of hydrogen-bond acceptors (Lipinski definition) is 3. The molecule has 1 unspecified atom stereocenters. The molecule has 0 aliphatic rings. The molecular weight excluding hydrogens is 266 g/mol. The standard InChI is InChI=1S/C13H18ClN3O2/c1-4-13(3,12(15)17-19)16-11(18)9-6-5-7-10(14)8(9)2/h5-7,19H,4H2,1-3H3,(H2,15,17)(H,16,18). The number of halogens is 1. The normalized spacial score (nSPS) is 14.8. The van der Waals surface area contributed by atoms with E-state index in [0.717, 1.165) is 0 Å². The third-order valence-electron chi connectivity index (χ3n) is 3.28. The van der Waals surface area contributed by atoms with Gasteiger partial charge in [-0.3, -0.25) is 4.79 Å². The van der Waals surface area contributed by atoms with Gasteiger partial charge in [0, 0.05) is 10.6 Å². The minimum atomic E-state index is -0.902. The Balaban J connectivity index is 3.05. The molecule has 0 aromatic heterocycles. The lowest BCUT2D eigenvalue weighted by Gasteiger charge is -2.28. The van der Waals surface area contributed by atoms with Crippen LogP contribution in [0.15, 0.2) is 23.4 Å². The van der Waals surface area contributed by atoms with E-state index < -0.39 is 5.54 Å². The van der Waals surface area contributed by atoms with E-state index in [2.05, 4.69) is 10.5 Å². The van der Waals surface area contributed by atoms with Crippen molar-refractivity contribution in [3.05, 3.63) is 34.3 Å². The Morgan fingerprint density at radius 3 is 2.74 bits per heavy atom. The van der Waals surface area contributed by atoms with Crippen molar-refractivity contribution in [3.63, 3.8) is 0 Å². The molecule has 1 rings (SSSR count). The monoisotopic (exact) mass is 283 g/mol. The molecule has 0 bridgehead atoms. The van der Waals surface area contributed by atoms with Gasteiger partial charge >= 0.3 is 0 Å². The summed E-state index contributed by atoms with van der Waals surface area (Å²) in [7, 11) is 0. The molecule has 5 nitrogen and oxygen atoms in total. The molecular formula is C13H18ClN3O2. The first-order chi connectivity index (χ1) is 8.85. The van der Waals surface area contributed by atoms with Crippen molar-refractivity contribution in [2.45, 2.75) is 32.7 Å². The van der Waals surface area contributed by atoms with Crippen LogP contribution < -0.4 is 11.1 Å². The number of amidine groups is 1. The highest BCUT2D eigenvalue weighted by molar-refractivity contribution is 6.31. The van der Waals surface area contributed by atoms with Gasteiger partial charge in [-0.25, -0.2) is 0 Å². The number of carbonyl (C=O) groups excluding carboxylic acids is 1. The summed E-state index contributed by atoms with van der Waals surface area (Å²) < 4.78 is 0. The van der Waals surface area contributed by atoms with Crippen molar-refractivity contribution < 1.29 is 10.0 Å². The first-order valence-electron chi connectivity index (χ1n) is 5.91. The predicted molar refractivity (Wildman–Crippen MR) is 75.8 cm³/mol. The first kappa shape index (κ1) is 15.3. The summed E-state index contributed by atoms with van der Waals surface area (Å²) in [4.78, 5) is 12.3. The fourth-order valence-electron chi connectivity index (χ4n) is 1.62. The van der Waals surface area contributed by atoms with Crippen molar-refractivity contribution >= 4 is 23.3 Å². The van der Waals surface area contributed by atoms with Crippen LogP contribution in [-0.4, -0.2) is 22.5 Å². The number of benzene rings is 1. The Bertz CT molecular complexity index is 517. The van der Waals surface area contributed by atoms with E-state index in [9.17, 15) is 4.79 Å². The molecule has 1 aromatic rings. The first-order valence-corrected chi connectivity index (χ1v) is 6.29. The van der Waals surface area contributed by atoms with Gasteiger partial charge in [0.25, 0.3) is 5.91 Å². The smallest absolute Gasteiger partial charge is 0.252 e. The van der Waals surface area contributed by atoms with Gasteiger partial charge in [-0.05, 0) is 38.0 Å². The van der Waals surface area contributed by atoms with E-state index in [1.54, 1.807) is 32.0 Å². The Morgan fingerprint density at radius 2 is 2.21 bits per heavy atom. The van der Waals surface area contributed by atoms with E-state index in [4.69, 9.17) is 22.5 Å². The summed E-state index contributed by atoms with van der Waals surface area (Å²) in [6, 6.07) is 5.10. The van der Waals surface area contributed by atoms with Gasteiger partial charge in [-0.15, -0.1) is 0 Å². The maximum atomic E-state index is 12.3. The van der Waals surface area contributed by atoms with E-state index in [1.807, 2.05) is 6.92 Å². The number of nitrogens with one attached hydrogen (secondary N) is 1. The van der Waals surface area contributed by atoms with Crippen molar-refractivity contribution in [2.24, 2.45) is 10.9 Å². The van der Waals surface area contributed by atoms with Gasteiger partial charge in [0.05, 0.1) is 5.54 Å². The second-order valence-corrected chi connectivity index (χ2v) is 4.94. The van der Waals surface area contributed by atoms with E-state index in [1.165, 1.54) is 0 Å². The predicted octanol–water partition coefficient (Wildman–Crippen LogP) is 2.29. The van der Waals surface area contributed by atoms with Crippen LogP contribution in [0.5, 0.6) is 0 Å². The summed E-state index contributed by atoms with van der Waals surface area (Å²) in [6.07, 6.45) is 0.494. The second kappa shape index (κ2) is 5.93. The zero-order valence-electron chi connectivity index (χ0n) is 11.2. The van der Waals surface area contributed by atoms with E-state index in [0.29, 0.717) is 22.6 Å². The zero-order chi connectivity index (χ0) is 14.6. The Hall–Kier alpha value is -1.75. The molecule has 0 spiro atoms. The van der Waals surface area contributed by atoms with Crippen LogP contribution in [-0.2, 0) is 0 Å². The number of nitrogens with two attached hydrogens (primary N) is 1. The van der Waals surface area contributed by atoms with Crippen molar-refractivity contribution in [1.82, 2.24) is 5.32 Å². The lowest BCUT2D eigenvalue weighted by atomic mass is 9.96. The molecule has 0 heterocycles. The summed E-state index contributed by atoms with van der Waals surface area (Å²) in [5.74, 6) is -0.348. The quantitative estimate of drug-likeness (QED) is 0.343. The average Bonchev–Trinajstić information content (AvgIpc) is 2.40. The number of nitrogens with zero attached hydrogens (tertiary/aromatic N) is 1. The Labute approximate surface area is 117 Å². The van der Waals surface area contributed by atoms with Gasteiger partial charge in [0.1, 0.15) is 0 Å². The van der Waals surface area contributed by atoms with Crippen LogP contribution in [0.4, 0.5) is 0 Å². The molecule has 0 aliphatic carbocycles. The molecule has 1 aromatic carbocycles. The average molecular weight is 284 g/mol. The SMILES string of the molecule is CCC(C)(NC(=O)c1cccc(Cl)c1C)/C(N)=N/O. The van der Waals surface area contributed by atoms with Crippen LogP contribution in [0.3, 0.4) is 0 Å². The summed E-state index contributed by atoms with van der Waals surface area (Å²) >= 11 is 5.98. The van der Waals surface area contributed by atoms with Crippen LogP contribution in [0.1, 0.15) is 36.2 Å². The number of carbonyl (C=O) groups is 1. The summed E-state index contributed by atoms with van der Waals surface area (Å²) in [5, 5.41) is 15.0. The van der Waals surface area contributed by atoms with E-state index in [-0.39, 0.29) is 11.7 Å². The van der Waals surface area contributed by atoms with Crippen LogP contribution in [0.2, 0.25) is 5.02 Å². The van der Waals surface area contributed by atoms with Crippen molar-refractivity contribution in [1.29, 1.82) is 0 Å². The fraction of sp³-hybridized carbons (Fsp3) is 0.385. The maximum Gasteiger partial charge on any atom is 0.252 e. The number of rotatable bonds is 4. The molecule has 1 atom stereocenters. The third kappa shape index (κ3) is 3.17. The Morgan fingerprint density at radius 1 is 1.58 bits per heavy atom. The molecule has 6 heteroatoms. The highest BCUT2D eigenvalue weighted by atomic mass is 35.5. The van der Waals surface area contributed by atoms with Crippen molar-refractivity contribution in [2.75, 3.05) is 0 Å². The molecule has 1 amide bonds. The minimum absolute atomic E-state index is 0.0389. The highest BCUT2D eigenvalue weighted by Crippen LogP contribution is 2.20. The molecule has 4 N–H and O–H groups in total. The minimum Gasteiger partial charge on any atom is -0.409 e. The van der Waals surface area contributed by atoms with Gasteiger partial charge in [0.15, 0.2) is 5.84 Å². The molecule has 0 aliphatic heterocycles. The second-order valence-electron chi connectivity index (χ2n) is 4.54. The topological polar surface area (TPSA) is 87.7 Å². The maximum absolute atomic E-state index is 12.3. The van der Waals surface area contributed by atoms with Gasteiger partial charge in [-0.1, -0.05) is 29.7 Å². The van der Waals surface area contributed by atoms with Crippen LogP contribution >= 0.6 is 11.6 Å². The summed E-state index contributed by atoms with van der Waals surface area (Å²) in [5.41, 5.74) is 5.88. The third-order valence-corrected chi connectivity index (χ3v) is 3.69. The van der Waals surface area contributed by atoms with Gasteiger partial charge in [-0.2, -0.15) is 0 Å². The zero-order valence-corrected chi connectivity index (χ0v) is 12.0. The van der Waals surface area contributed by atoms with Crippen molar-refractivity contribution in [3.8, 4) is 0 Å². The Kier molecular flexibility index (Phi) is 4.78. The summed E-state index contributed by atoms with van der Waals surface area (Å²) in [6.45, 7) is 5.30. The van der Waals surface area contributed by atoms with Gasteiger partial charge in [0.2, 0.25) is 0 Å². The number of oxime groups is 1. The lowest BCUT2D eigenvalue weighted by Crippen LogP contribution is -2.55. The van der Waals surface area contributed by atoms with Crippen LogP contribution in [0, 0.1) is 6.92 Å². The number of hydrogen-bond donors (Lipinski definition) is 3. The molecule has 0 radical (unpaired) electrons. The number of amides is 1. The largest absolute Gasteiger partial charge is 0.409 e.